The van der Waals surface area contributed by atoms with Crippen molar-refractivity contribution in [2.75, 3.05) is 12.4 Å². The van der Waals surface area contributed by atoms with Gasteiger partial charge in [-0.25, -0.2) is 4.68 Å². The van der Waals surface area contributed by atoms with Crippen molar-refractivity contribution in [3.63, 3.8) is 0 Å². The molecule has 2 N–H and O–H groups in total. The van der Waals surface area contributed by atoms with Crippen molar-refractivity contribution in [3.05, 3.63) is 77.2 Å². The Morgan fingerprint density at radius 2 is 2.00 bits per heavy atom. The van der Waals surface area contributed by atoms with Gasteiger partial charge >= 0.3 is 0 Å². The lowest BCUT2D eigenvalue weighted by molar-refractivity contribution is -0.117. The second-order valence-electron chi connectivity index (χ2n) is 6.24. The number of rotatable bonds is 5. The maximum Gasteiger partial charge on any atom is 0.267 e. The Morgan fingerprint density at radius 3 is 2.86 bits per heavy atom. The number of carbonyl (C=O) groups excluding carboxylic acids is 1. The van der Waals surface area contributed by atoms with Crippen LogP contribution in [0.25, 0.3) is 22.2 Å². The third kappa shape index (κ3) is 3.50. The molecule has 0 aliphatic heterocycles. The van der Waals surface area contributed by atoms with E-state index in [1.54, 1.807) is 13.2 Å². The Bertz CT molecular complexity index is 1210. The zero-order valence-electron chi connectivity index (χ0n) is 15.2. The van der Waals surface area contributed by atoms with Crippen molar-refractivity contribution in [3.8, 4) is 17.0 Å². The first-order valence-electron chi connectivity index (χ1n) is 8.72. The highest BCUT2D eigenvalue weighted by molar-refractivity contribution is 6.01. The zero-order valence-corrected chi connectivity index (χ0v) is 15.2. The summed E-state index contributed by atoms with van der Waals surface area (Å²) in [5, 5.41) is 8.08. The summed E-state index contributed by atoms with van der Waals surface area (Å²) in [6, 6.07) is 17.9. The Morgan fingerprint density at radius 1 is 1.14 bits per heavy atom. The van der Waals surface area contributed by atoms with Gasteiger partial charge in [0.2, 0.25) is 5.91 Å². The molecule has 0 radical (unpaired) electrons. The second kappa shape index (κ2) is 7.40. The van der Waals surface area contributed by atoms with Crippen LogP contribution in [0.5, 0.6) is 5.75 Å². The molecular formula is C21H18N4O3. The molecule has 28 heavy (non-hydrogen) atoms. The lowest BCUT2D eigenvalue weighted by Gasteiger charge is -2.09. The van der Waals surface area contributed by atoms with E-state index in [0.29, 0.717) is 17.1 Å². The van der Waals surface area contributed by atoms with Crippen LogP contribution in [0.4, 0.5) is 5.69 Å². The van der Waals surface area contributed by atoms with E-state index in [9.17, 15) is 9.59 Å². The normalized spacial score (nSPS) is 10.8. The smallest absolute Gasteiger partial charge is 0.267 e. The molecule has 0 saturated carbocycles. The van der Waals surface area contributed by atoms with Crippen molar-refractivity contribution >= 4 is 22.5 Å². The fourth-order valence-electron chi connectivity index (χ4n) is 3.02. The number of aromatic nitrogens is 3. The molecule has 2 aromatic heterocycles. The highest BCUT2D eigenvalue weighted by Crippen LogP contribution is 2.23. The number of fused-ring (bicyclic) bond motifs is 1. The average Bonchev–Trinajstić information content (AvgIpc) is 3.19. The van der Waals surface area contributed by atoms with E-state index >= 15 is 0 Å². The standard InChI is InChI=1S/C21H18N4O3/c1-28-15-5-2-4-14(12-15)17-8-9-21(27)25(24-17)13-20(26)23-19-7-3-6-18-16(19)10-11-22-18/h2-12,22H,13H2,1H3,(H,23,26). The number of H-pyrrole nitrogens is 1. The summed E-state index contributed by atoms with van der Waals surface area (Å²) in [7, 11) is 1.59. The SMILES string of the molecule is COc1cccc(-c2ccc(=O)n(CC(=O)Nc3cccc4[nH]ccc34)n2)c1. The molecule has 0 saturated heterocycles. The molecule has 0 aliphatic rings. The number of nitrogens with zero attached hydrogens (tertiary/aromatic N) is 2. The number of nitrogens with one attached hydrogen (secondary N) is 2. The van der Waals surface area contributed by atoms with Crippen molar-refractivity contribution in [2.45, 2.75) is 6.54 Å². The first-order chi connectivity index (χ1) is 13.6. The predicted octanol–water partition coefficient (Wildman–Crippen LogP) is 3.04. The summed E-state index contributed by atoms with van der Waals surface area (Å²) in [6.45, 7) is -0.183. The molecule has 4 aromatic rings. The quantitative estimate of drug-likeness (QED) is 0.562. The van der Waals surface area contributed by atoms with Crippen LogP contribution in [0.1, 0.15) is 0 Å². The molecule has 140 valence electrons. The first-order valence-corrected chi connectivity index (χ1v) is 8.72. The van der Waals surface area contributed by atoms with E-state index in [-0.39, 0.29) is 18.0 Å². The van der Waals surface area contributed by atoms with E-state index in [1.807, 2.05) is 54.7 Å². The molecule has 7 nitrogen and oxygen atoms in total. The van der Waals surface area contributed by atoms with Crippen LogP contribution < -0.4 is 15.6 Å². The molecule has 2 heterocycles. The Kier molecular flexibility index (Phi) is 4.63. The molecule has 0 spiro atoms. The summed E-state index contributed by atoms with van der Waals surface area (Å²) in [4.78, 5) is 27.8. The van der Waals surface area contributed by atoms with Gasteiger partial charge in [-0.05, 0) is 36.4 Å². The van der Waals surface area contributed by atoms with Gasteiger partial charge in [0.15, 0.2) is 0 Å². The maximum absolute atomic E-state index is 12.5. The maximum atomic E-state index is 12.5. The zero-order chi connectivity index (χ0) is 19.5. The number of aromatic amines is 1. The van der Waals surface area contributed by atoms with Crippen molar-refractivity contribution in [1.29, 1.82) is 0 Å². The number of amides is 1. The number of benzene rings is 2. The number of anilines is 1. The molecule has 0 bridgehead atoms. The molecule has 1 amide bonds. The van der Waals surface area contributed by atoms with Gasteiger partial charge in [0.1, 0.15) is 12.3 Å². The lowest BCUT2D eigenvalue weighted by atomic mass is 10.1. The van der Waals surface area contributed by atoms with Gasteiger partial charge in [-0.1, -0.05) is 18.2 Å². The van der Waals surface area contributed by atoms with Gasteiger partial charge in [0, 0.05) is 28.7 Å². The Hall–Kier alpha value is -3.87. The number of ether oxygens (including phenoxy) is 1. The van der Waals surface area contributed by atoms with Crippen molar-refractivity contribution in [1.82, 2.24) is 14.8 Å². The highest BCUT2D eigenvalue weighted by atomic mass is 16.5. The van der Waals surface area contributed by atoms with E-state index in [4.69, 9.17) is 4.74 Å². The van der Waals surface area contributed by atoms with Gasteiger partial charge in [-0.15, -0.1) is 0 Å². The molecule has 0 atom stereocenters. The van der Waals surface area contributed by atoms with Gasteiger partial charge in [-0.2, -0.15) is 5.10 Å². The molecule has 0 unspecified atom stereocenters. The summed E-state index contributed by atoms with van der Waals surface area (Å²) < 4.78 is 6.38. The Labute approximate surface area is 160 Å². The highest BCUT2D eigenvalue weighted by Gasteiger charge is 2.10. The third-order valence-electron chi connectivity index (χ3n) is 4.39. The monoisotopic (exact) mass is 374 g/mol. The summed E-state index contributed by atoms with van der Waals surface area (Å²) in [6.07, 6.45) is 1.81. The van der Waals surface area contributed by atoms with Crippen molar-refractivity contribution in [2.24, 2.45) is 0 Å². The number of methoxy groups -OCH3 is 1. The van der Waals surface area contributed by atoms with Gasteiger partial charge in [0.05, 0.1) is 18.5 Å². The van der Waals surface area contributed by atoms with Crippen LogP contribution in [0, 0.1) is 0 Å². The van der Waals surface area contributed by atoms with Crippen LogP contribution in [0.3, 0.4) is 0 Å². The molecule has 0 aliphatic carbocycles. The fourth-order valence-corrected chi connectivity index (χ4v) is 3.02. The van der Waals surface area contributed by atoms with E-state index in [2.05, 4.69) is 15.4 Å². The molecule has 7 heteroatoms. The Balaban J connectivity index is 1.58. The van der Waals surface area contributed by atoms with Crippen LogP contribution in [0.15, 0.2) is 71.7 Å². The summed E-state index contributed by atoms with van der Waals surface area (Å²) in [5.74, 6) is 0.362. The second-order valence-corrected chi connectivity index (χ2v) is 6.24. The molecule has 0 fully saturated rings. The summed E-state index contributed by atoms with van der Waals surface area (Å²) >= 11 is 0. The van der Waals surface area contributed by atoms with E-state index in [0.717, 1.165) is 21.1 Å². The number of hydrogen-bond donors (Lipinski definition) is 2. The number of carbonyl (C=O) groups is 1. The van der Waals surface area contributed by atoms with Gasteiger partial charge < -0.3 is 15.0 Å². The third-order valence-corrected chi connectivity index (χ3v) is 4.39. The average molecular weight is 374 g/mol. The topological polar surface area (TPSA) is 89.0 Å². The van der Waals surface area contributed by atoms with Gasteiger partial charge in [0.25, 0.3) is 5.56 Å². The largest absolute Gasteiger partial charge is 0.497 e. The summed E-state index contributed by atoms with van der Waals surface area (Å²) in [5.41, 5.74) is 2.64. The minimum Gasteiger partial charge on any atom is -0.497 e. The van der Waals surface area contributed by atoms with Crippen LogP contribution >= 0.6 is 0 Å². The fraction of sp³-hybridized carbons (Fsp3) is 0.0952. The van der Waals surface area contributed by atoms with Crippen molar-refractivity contribution < 1.29 is 9.53 Å². The molecule has 4 rings (SSSR count). The minimum absolute atomic E-state index is 0.183. The van der Waals surface area contributed by atoms with Crippen LogP contribution in [0.2, 0.25) is 0 Å². The van der Waals surface area contributed by atoms with Crippen LogP contribution in [-0.2, 0) is 11.3 Å². The predicted molar refractivity (Wildman–Crippen MR) is 107 cm³/mol. The van der Waals surface area contributed by atoms with Gasteiger partial charge in [-0.3, -0.25) is 9.59 Å². The van der Waals surface area contributed by atoms with E-state index < -0.39 is 0 Å². The number of hydrogen-bond acceptors (Lipinski definition) is 4. The molecular weight excluding hydrogens is 356 g/mol. The lowest BCUT2D eigenvalue weighted by Crippen LogP contribution is -2.29. The van der Waals surface area contributed by atoms with E-state index in [1.165, 1.54) is 6.07 Å². The molecule has 2 aromatic carbocycles. The first kappa shape index (κ1) is 17.5. The minimum atomic E-state index is -0.346. The van der Waals surface area contributed by atoms with Crippen LogP contribution in [-0.4, -0.2) is 27.8 Å².